The zero-order valence-electron chi connectivity index (χ0n) is 18.0. The predicted molar refractivity (Wildman–Crippen MR) is 123 cm³/mol. The lowest BCUT2D eigenvalue weighted by Gasteiger charge is -2.33. The Bertz CT molecular complexity index is 1010. The first kappa shape index (κ1) is 24.7. The molecule has 0 spiro atoms. The molecule has 2 saturated heterocycles. The van der Waals surface area contributed by atoms with E-state index in [0.29, 0.717) is 48.1 Å². The number of nitrogens with one attached hydrogen (secondary N) is 1. The number of amides is 3. The van der Waals surface area contributed by atoms with Crippen molar-refractivity contribution in [1.82, 2.24) is 19.4 Å². The highest BCUT2D eigenvalue weighted by Gasteiger charge is 2.35. The molecular formula is C20H27ClN4O5S2. The molecule has 2 atom stereocenters. The van der Waals surface area contributed by atoms with Gasteiger partial charge in [0, 0.05) is 43.9 Å². The maximum Gasteiger partial charge on any atom is 0.242 e. The third kappa shape index (κ3) is 6.31. The lowest BCUT2D eigenvalue weighted by Crippen LogP contribution is -2.54. The summed E-state index contributed by atoms with van der Waals surface area (Å²) < 4.78 is 27.8. The zero-order chi connectivity index (χ0) is 23.5. The SMILES string of the molecule is CC(=O)N(C)C1CCN(C(=O)CN2CCCC(NS(=O)(=O)/C=C/c3ccc(Cl)s3)C2=O)C1. The van der Waals surface area contributed by atoms with Crippen LogP contribution in [0.1, 0.15) is 31.1 Å². The molecular weight excluding hydrogens is 476 g/mol. The number of likely N-dealkylation sites (tertiary alicyclic amines) is 2. The Labute approximate surface area is 197 Å². The Morgan fingerprint density at radius 1 is 1.31 bits per heavy atom. The molecule has 1 N–H and O–H groups in total. The van der Waals surface area contributed by atoms with Gasteiger partial charge in [0.1, 0.15) is 6.04 Å². The van der Waals surface area contributed by atoms with Crippen LogP contribution in [0, 0.1) is 0 Å². The molecule has 12 heteroatoms. The third-order valence-electron chi connectivity index (χ3n) is 5.73. The van der Waals surface area contributed by atoms with Gasteiger partial charge in [-0.05, 0) is 37.5 Å². The molecule has 2 aliphatic heterocycles. The number of carbonyl (C=O) groups excluding carboxylic acids is 3. The summed E-state index contributed by atoms with van der Waals surface area (Å²) in [7, 11) is -2.13. The fraction of sp³-hybridized carbons (Fsp3) is 0.550. The van der Waals surface area contributed by atoms with Crippen molar-refractivity contribution in [3.8, 4) is 0 Å². The van der Waals surface area contributed by atoms with Crippen molar-refractivity contribution in [2.75, 3.05) is 33.2 Å². The van der Waals surface area contributed by atoms with Crippen molar-refractivity contribution in [3.05, 3.63) is 26.8 Å². The smallest absolute Gasteiger partial charge is 0.242 e. The number of thiophene rings is 1. The van der Waals surface area contributed by atoms with Crippen LogP contribution in [0.15, 0.2) is 17.5 Å². The number of carbonyl (C=O) groups is 3. The van der Waals surface area contributed by atoms with E-state index in [1.54, 1.807) is 29.0 Å². The zero-order valence-corrected chi connectivity index (χ0v) is 20.4. The van der Waals surface area contributed by atoms with E-state index in [2.05, 4.69) is 4.72 Å². The summed E-state index contributed by atoms with van der Waals surface area (Å²) >= 11 is 7.09. The average molecular weight is 503 g/mol. The highest BCUT2D eigenvalue weighted by molar-refractivity contribution is 7.92. The first-order valence-corrected chi connectivity index (χ1v) is 13.1. The maximum atomic E-state index is 12.8. The Kier molecular flexibility index (Phi) is 7.97. The molecule has 0 aliphatic carbocycles. The van der Waals surface area contributed by atoms with E-state index in [-0.39, 0.29) is 24.4 Å². The summed E-state index contributed by atoms with van der Waals surface area (Å²) in [4.78, 5) is 42.5. The minimum Gasteiger partial charge on any atom is -0.341 e. The van der Waals surface area contributed by atoms with Crippen LogP contribution < -0.4 is 4.72 Å². The largest absolute Gasteiger partial charge is 0.341 e. The van der Waals surface area contributed by atoms with E-state index in [1.165, 1.54) is 29.2 Å². The molecule has 2 fully saturated rings. The topological polar surface area (TPSA) is 107 Å². The Balaban J connectivity index is 1.56. The van der Waals surface area contributed by atoms with Crippen molar-refractivity contribution in [3.63, 3.8) is 0 Å². The van der Waals surface area contributed by atoms with Crippen LogP contribution in [0.5, 0.6) is 0 Å². The van der Waals surface area contributed by atoms with Crippen LogP contribution >= 0.6 is 22.9 Å². The van der Waals surface area contributed by atoms with Gasteiger partial charge in [0.25, 0.3) is 0 Å². The number of nitrogens with zero attached hydrogens (tertiary/aromatic N) is 3. The number of likely N-dealkylation sites (N-methyl/N-ethyl adjacent to an activating group) is 1. The van der Waals surface area contributed by atoms with Crippen molar-refractivity contribution in [2.45, 2.75) is 38.3 Å². The van der Waals surface area contributed by atoms with Gasteiger partial charge in [-0.2, -0.15) is 4.72 Å². The summed E-state index contributed by atoms with van der Waals surface area (Å²) in [5.74, 6) is -0.657. The fourth-order valence-electron chi connectivity index (χ4n) is 3.82. The number of hydrogen-bond acceptors (Lipinski definition) is 6. The molecule has 0 aromatic carbocycles. The molecule has 32 heavy (non-hydrogen) atoms. The van der Waals surface area contributed by atoms with E-state index in [9.17, 15) is 22.8 Å². The number of sulfonamides is 1. The van der Waals surface area contributed by atoms with Gasteiger partial charge >= 0.3 is 0 Å². The number of piperidine rings is 1. The van der Waals surface area contributed by atoms with Crippen molar-refractivity contribution in [2.24, 2.45) is 0 Å². The van der Waals surface area contributed by atoms with E-state index in [0.717, 1.165) is 5.41 Å². The summed E-state index contributed by atoms with van der Waals surface area (Å²) in [5, 5.41) is 1.02. The first-order valence-electron chi connectivity index (χ1n) is 10.3. The molecule has 3 heterocycles. The average Bonchev–Trinajstić information content (AvgIpc) is 3.38. The third-order valence-corrected chi connectivity index (χ3v) is 8.03. The Morgan fingerprint density at radius 2 is 2.06 bits per heavy atom. The number of rotatable bonds is 7. The molecule has 9 nitrogen and oxygen atoms in total. The molecule has 2 unspecified atom stereocenters. The Morgan fingerprint density at radius 3 is 2.72 bits per heavy atom. The van der Waals surface area contributed by atoms with Crippen molar-refractivity contribution < 1.29 is 22.8 Å². The molecule has 1 aromatic heterocycles. The van der Waals surface area contributed by atoms with Crippen molar-refractivity contribution in [1.29, 1.82) is 0 Å². The molecule has 3 amide bonds. The summed E-state index contributed by atoms with van der Waals surface area (Å²) in [6, 6.07) is 2.44. The van der Waals surface area contributed by atoms with Crippen LogP contribution in [0.4, 0.5) is 0 Å². The molecule has 0 saturated carbocycles. The second kappa shape index (κ2) is 10.3. The van der Waals surface area contributed by atoms with E-state index in [4.69, 9.17) is 11.6 Å². The second-order valence-electron chi connectivity index (χ2n) is 7.97. The highest BCUT2D eigenvalue weighted by Crippen LogP contribution is 2.23. The monoisotopic (exact) mass is 502 g/mol. The first-order chi connectivity index (χ1) is 15.1. The van der Waals surface area contributed by atoms with Crippen LogP contribution in [-0.2, 0) is 24.4 Å². The minimum atomic E-state index is -3.84. The second-order valence-corrected chi connectivity index (χ2v) is 11.3. The predicted octanol–water partition coefficient (Wildman–Crippen LogP) is 1.36. The maximum absolute atomic E-state index is 12.8. The van der Waals surface area contributed by atoms with Gasteiger partial charge in [-0.1, -0.05) is 11.6 Å². The van der Waals surface area contributed by atoms with Gasteiger partial charge in [0.15, 0.2) is 0 Å². The molecule has 3 rings (SSSR count). The Hall–Kier alpha value is -1.95. The molecule has 1 aromatic rings. The number of hydrogen-bond donors (Lipinski definition) is 1. The molecule has 2 aliphatic rings. The van der Waals surface area contributed by atoms with Crippen LogP contribution in [0.3, 0.4) is 0 Å². The summed E-state index contributed by atoms with van der Waals surface area (Å²) in [6.45, 7) is 2.75. The number of halogens is 1. The van der Waals surface area contributed by atoms with Gasteiger partial charge in [-0.25, -0.2) is 8.42 Å². The fourth-order valence-corrected chi connectivity index (χ4v) is 5.89. The van der Waals surface area contributed by atoms with Crippen molar-refractivity contribution >= 4 is 56.8 Å². The quantitative estimate of drug-likeness (QED) is 0.606. The molecule has 0 radical (unpaired) electrons. The summed E-state index contributed by atoms with van der Waals surface area (Å²) in [5.41, 5.74) is 0. The minimum absolute atomic E-state index is 0.0296. The van der Waals surface area contributed by atoms with Gasteiger partial charge in [-0.3, -0.25) is 14.4 Å². The lowest BCUT2D eigenvalue weighted by molar-refractivity contribution is -0.142. The van der Waals surface area contributed by atoms with Gasteiger partial charge in [-0.15, -0.1) is 11.3 Å². The highest BCUT2D eigenvalue weighted by atomic mass is 35.5. The van der Waals surface area contributed by atoms with Crippen LogP contribution in [0.2, 0.25) is 4.34 Å². The molecule has 176 valence electrons. The van der Waals surface area contributed by atoms with Gasteiger partial charge < -0.3 is 14.7 Å². The lowest BCUT2D eigenvalue weighted by atomic mass is 10.1. The van der Waals surface area contributed by atoms with E-state index in [1.807, 2.05) is 0 Å². The van der Waals surface area contributed by atoms with E-state index < -0.39 is 22.0 Å². The van der Waals surface area contributed by atoms with Crippen LogP contribution in [0.25, 0.3) is 6.08 Å². The van der Waals surface area contributed by atoms with Gasteiger partial charge in [0.2, 0.25) is 27.7 Å². The summed E-state index contributed by atoms with van der Waals surface area (Å²) in [6.07, 6.45) is 3.08. The standard InChI is InChI=1S/C20H27ClN4O5S2/c1-14(26)23(2)15-7-10-24(12-15)19(27)13-25-9-3-4-17(20(25)28)22-32(29,30)11-8-16-5-6-18(21)31-16/h5-6,8,11,15,17,22H,3-4,7,9-10,12-13H2,1-2H3/b11-8+. The van der Waals surface area contributed by atoms with Crippen LogP contribution in [-0.4, -0.2) is 86.1 Å². The van der Waals surface area contributed by atoms with Gasteiger partial charge in [0.05, 0.1) is 16.9 Å². The van der Waals surface area contributed by atoms with E-state index >= 15 is 0 Å². The normalized spacial score (nSPS) is 22.0. The molecule has 0 bridgehead atoms.